The van der Waals surface area contributed by atoms with E-state index in [1.54, 1.807) is 12.1 Å². The topological polar surface area (TPSA) is 84.0 Å². The van der Waals surface area contributed by atoms with Crippen molar-refractivity contribution in [2.75, 3.05) is 0 Å². The largest absolute Gasteiger partial charge is 0.348 e. The van der Waals surface area contributed by atoms with Crippen molar-refractivity contribution in [1.29, 1.82) is 0 Å². The first kappa shape index (κ1) is 18.4. The summed E-state index contributed by atoms with van der Waals surface area (Å²) in [7, 11) is 0. The molecule has 0 atom stereocenters. The van der Waals surface area contributed by atoms with Crippen LogP contribution in [-0.4, -0.2) is 15.5 Å². The maximum Gasteiger partial charge on any atom is 0.329 e. The van der Waals surface area contributed by atoms with Gasteiger partial charge >= 0.3 is 5.69 Å². The Morgan fingerprint density at radius 1 is 0.862 bits per heavy atom. The average molecular weight is 385 g/mol. The third-order valence-electron chi connectivity index (χ3n) is 4.72. The molecule has 0 fully saturated rings. The lowest BCUT2D eigenvalue weighted by molar-refractivity contribution is 0.0951. The van der Waals surface area contributed by atoms with Gasteiger partial charge in [-0.05, 0) is 29.3 Å². The van der Waals surface area contributed by atoms with Crippen LogP contribution in [0.4, 0.5) is 0 Å². The number of H-pyrrole nitrogens is 1. The van der Waals surface area contributed by atoms with E-state index in [2.05, 4.69) is 10.3 Å². The molecule has 0 bridgehead atoms. The van der Waals surface area contributed by atoms with Gasteiger partial charge in [-0.15, -0.1) is 0 Å². The van der Waals surface area contributed by atoms with Gasteiger partial charge in [-0.3, -0.25) is 14.2 Å². The predicted octanol–water partition coefficient (Wildman–Crippen LogP) is 2.67. The van der Waals surface area contributed by atoms with Crippen molar-refractivity contribution in [2.45, 2.75) is 13.1 Å². The van der Waals surface area contributed by atoms with E-state index in [0.717, 1.165) is 15.7 Å². The number of nitrogens with one attached hydrogen (secondary N) is 2. The minimum atomic E-state index is -0.479. The van der Waals surface area contributed by atoms with Gasteiger partial charge in [-0.2, -0.15) is 0 Å². The van der Waals surface area contributed by atoms with Gasteiger partial charge in [0.05, 0.1) is 17.4 Å². The summed E-state index contributed by atoms with van der Waals surface area (Å²) in [5, 5.41) is 3.14. The van der Waals surface area contributed by atoms with Crippen molar-refractivity contribution < 1.29 is 4.79 Å². The van der Waals surface area contributed by atoms with E-state index < -0.39 is 11.2 Å². The zero-order chi connectivity index (χ0) is 20.2. The van der Waals surface area contributed by atoms with Gasteiger partial charge in [0.1, 0.15) is 0 Å². The van der Waals surface area contributed by atoms with Gasteiger partial charge in [-0.1, -0.05) is 60.7 Å². The van der Waals surface area contributed by atoms with E-state index in [4.69, 9.17) is 0 Å². The minimum Gasteiger partial charge on any atom is -0.348 e. The maximum absolute atomic E-state index is 12.9. The average Bonchev–Trinajstić information content (AvgIpc) is 2.76. The Hall–Kier alpha value is -3.93. The Kier molecular flexibility index (Phi) is 5.07. The molecule has 0 unspecified atom stereocenters. The molecule has 1 amide bonds. The SMILES string of the molecule is O=C(NCc1ccccc1)c1ccc2[nH]c(=O)n(Cc3ccccc3)c(=O)c2c1. The number of amides is 1. The first-order chi connectivity index (χ1) is 14.1. The van der Waals surface area contributed by atoms with Crippen molar-refractivity contribution in [3.05, 3.63) is 116 Å². The first-order valence-electron chi connectivity index (χ1n) is 9.25. The summed E-state index contributed by atoms with van der Waals surface area (Å²) in [5.41, 5.74) is 1.69. The van der Waals surface area contributed by atoms with Crippen LogP contribution in [0.3, 0.4) is 0 Å². The molecular formula is C23H19N3O3. The van der Waals surface area contributed by atoms with E-state index in [9.17, 15) is 14.4 Å². The summed E-state index contributed by atoms with van der Waals surface area (Å²) in [6.07, 6.45) is 0. The Balaban J connectivity index is 1.65. The van der Waals surface area contributed by atoms with Crippen LogP contribution in [0.2, 0.25) is 0 Å². The first-order valence-corrected chi connectivity index (χ1v) is 9.25. The van der Waals surface area contributed by atoms with Crippen LogP contribution in [0.5, 0.6) is 0 Å². The molecule has 144 valence electrons. The molecule has 4 aromatic rings. The Bertz CT molecular complexity index is 1280. The standard InChI is InChI=1S/C23H19N3O3/c27-21(24-14-16-7-3-1-4-8-16)18-11-12-20-19(13-18)22(28)26(23(29)25-20)15-17-9-5-2-6-10-17/h1-13H,14-15H2,(H,24,27)(H,25,29). The van der Waals surface area contributed by atoms with Gasteiger partial charge in [0.15, 0.2) is 0 Å². The summed E-state index contributed by atoms with van der Waals surface area (Å²) < 4.78 is 1.14. The van der Waals surface area contributed by atoms with Gasteiger partial charge in [-0.25, -0.2) is 4.79 Å². The maximum atomic E-state index is 12.9. The highest BCUT2D eigenvalue weighted by Crippen LogP contribution is 2.10. The summed E-state index contributed by atoms with van der Waals surface area (Å²) >= 11 is 0. The second-order valence-corrected chi connectivity index (χ2v) is 6.74. The third kappa shape index (κ3) is 4.01. The normalized spacial score (nSPS) is 10.8. The lowest BCUT2D eigenvalue weighted by Crippen LogP contribution is -2.35. The van der Waals surface area contributed by atoms with Crippen molar-refractivity contribution in [1.82, 2.24) is 14.9 Å². The van der Waals surface area contributed by atoms with E-state index >= 15 is 0 Å². The molecule has 0 aliphatic rings. The number of aromatic nitrogens is 2. The van der Waals surface area contributed by atoms with Crippen LogP contribution in [0.15, 0.2) is 88.5 Å². The molecule has 0 aliphatic heterocycles. The number of carbonyl (C=O) groups excluding carboxylic acids is 1. The lowest BCUT2D eigenvalue weighted by Gasteiger charge is -2.09. The van der Waals surface area contributed by atoms with Crippen LogP contribution >= 0.6 is 0 Å². The number of fused-ring (bicyclic) bond motifs is 1. The Morgan fingerprint density at radius 2 is 1.52 bits per heavy atom. The van der Waals surface area contributed by atoms with Crippen LogP contribution in [0.25, 0.3) is 10.9 Å². The fraction of sp³-hybridized carbons (Fsp3) is 0.0870. The van der Waals surface area contributed by atoms with Crippen LogP contribution in [0, 0.1) is 0 Å². The van der Waals surface area contributed by atoms with Crippen LogP contribution in [0.1, 0.15) is 21.5 Å². The predicted molar refractivity (Wildman–Crippen MR) is 112 cm³/mol. The van der Waals surface area contributed by atoms with Crippen LogP contribution < -0.4 is 16.6 Å². The van der Waals surface area contributed by atoms with Gasteiger partial charge in [0, 0.05) is 12.1 Å². The Morgan fingerprint density at radius 3 is 2.21 bits per heavy atom. The second kappa shape index (κ2) is 7.98. The molecule has 29 heavy (non-hydrogen) atoms. The lowest BCUT2D eigenvalue weighted by atomic mass is 10.1. The van der Waals surface area contributed by atoms with Crippen molar-refractivity contribution in [2.24, 2.45) is 0 Å². The monoisotopic (exact) mass is 385 g/mol. The summed E-state index contributed by atoms with van der Waals surface area (Å²) in [4.78, 5) is 40.5. The number of carbonyl (C=O) groups is 1. The van der Waals surface area contributed by atoms with Gasteiger partial charge in [0.25, 0.3) is 11.5 Å². The third-order valence-corrected chi connectivity index (χ3v) is 4.72. The highest BCUT2D eigenvalue weighted by molar-refractivity contribution is 5.97. The second-order valence-electron chi connectivity index (χ2n) is 6.74. The summed E-state index contributed by atoms with van der Waals surface area (Å²) in [5.74, 6) is -0.282. The molecule has 0 aliphatic carbocycles. The van der Waals surface area contributed by atoms with Crippen molar-refractivity contribution in [3.63, 3.8) is 0 Å². The van der Waals surface area contributed by atoms with E-state index in [1.165, 1.54) is 6.07 Å². The fourth-order valence-electron chi connectivity index (χ4n) is 3.18. The Labute approximate surface area is 166 Å². The molecule has 2 N–H and O–H groups in total. The van der Waals surface area contributed by atoms with E-state index in [0.29, 0.717) is 23.0 Å². The molecule has 4 rings (SSSR count). The highest BCUT2D eigenvalue weighted by Gasteiger charge is 2.12. The molecule has 6 nitrogen and oxygen atoms in total. The van der Waals surface area contributed by atoms with Gasteiger partial charge < -0.3 is 10.3 Å². The van der Waals surface area contributed by atoms with Crippen molar-refractivity contribution in [3.8, 4) is 0 Å². The molecule has 0 radical (unpaired) electrons. The number of hydrogen-bond acceptors (Lipinski definition) is 3. The summed E-state index contributed by atoms with van der Waals surface area (Å²) in [6.45, 7) is 0.553. The van der Waals surface area contributed by atoms with Crippen molar-refractivity contribution >= 4 is 16.8 Å². The molecule has 0 spiro atoms. The smallest absolute Gasteiger partial charge is 0.329 e. The number of hydrogen-bond donors (Lipinski definition) is 2. The molecule has 1 heterocycles. The number of nitrogens with zero attached hydrogens (tertiary/aromatic N) is 1. The van der Waals surface area contributed by atoms with E-state index in [1.807, 2.05) is 60.7 Å². The molecule has 3 aromatic carbocycles. The molecule has 0 saturated heterocycles. The molecular weight excluding hydrogens is 366 g/mol. The van der Waals surface area contributed by atoms with Crippen LogP contribution in [-0.2, 0) is 13.1 Å². The van der Waals surface area contributed by atoms with E-state index in [-0.39, 0.29) is 12.5 Å². The highest BCUT2D eigenvalue weighted by atomic mass is 16.2. The zero-order valence-electron chi connectivity index (χ0n) is 15.6. The number of rotatable bonds is 5. The summed E-state index contributed by atoms with van der Waals surface area (Å²) in [6, 6.07) is 23.6. The molecule has 0 saturated carbocycles. The zero-order valence-corrected chi connectivity index (χ0v) is 15.6. The molecule has 1 aromatic heterocycles. The number of benzene rings is 3. The van der Waals surface area contributed by atoms with Gasteiger partial charge in [0.2, 0.25) is 0 Å². The quantitative estimate of drug-likeness (QED) is 0.554. The minimum absolute atomic E-state index is 0.162. The fourth-order valence-corrected chi connectivity index (χ4v) is 3.18. The number of aromatic amines is 1. The molecule has 6 heteroatoms.